The van der Waals surface area contributed by atoms with Crippen LogP contribution >= 0.6 is 0 Å². The van der Waals surface area contributed by atoms with E-state index in [0.29, 0.717) is 18.6 Å². The first-order valence-electron chi connectivity index (χ1n) is 6.33. The molecule has 1 rings (SSSR count). The molecule has 96 valence electrons. The molecule has 1 heterocycles. The van der Waals surface area contributed by atoms with Gasteiger partial charge < -0.3 is 10.1 Å². The lowest BCUT2D eigenvalue weighted by molar-refractivity contribution is 0.0948. The van der Waals surface area contributed by atoms with Gasteiger partial charge in [-0.25, -0.2) is 0 Å². The summed E-state index contributed by atoms with van der Waals surface area (Å²) in [6, 6.07) is 4.65. The highest BCUT2D eigenvalue weighted by Crippen LogP contribution is 2.03. The van der Waals surface area contributed by atoms with E-state index in [1.54, 1.807) is 0 Å². The molecule has 0 aliphatic heterocycles. The maximum absolute atomic E-state index is 5.54. The summed E-state index contributed by atoms with van der Waals surface area (Å²) in [5, 5.41) is 3.37. The Balaban J connectivity index is 2.34. The molecule has 0 saturated carbocycles. The standard InChI is InChI=1S/C14H24N2O/c1-11(2)9-17-10-14-6-5-13(8-16-14)7-15-12(3)4/h5-6,8,11-12,15H,7,9-10H2,1-4H3. The van der Waals surface area contributed by atoms with Gasteiger partial charge in [0, 0.05) is 25.4 Å². The van der Waals surface area contributed by atoms with E-state index in [2.05, 4.69) is 44.1 Å². The van der Waals surface area contributed by atoms with Crippen LogP contribution in [0.4, 0.5) is 0 Å². The number of nitrogens with zero attached hydrogens (tertiary/aromatic N) is 1. The van der Waals surface area contributed by atoms with Gasteiger partial charge in [0.1, 0.15) is 0 Å². The smallest absolute Gasteiger partial charge is 0.0887 e. The average Bonchev–Trinajstić information content (AvgIpc) is 2.27. The van der Waals surface area contributed by atoms with Gasteiger partial charge in [0.25, 0.3) is 0 Å². The van der Waals surface area contributed by atoms with E-state index in [1.807, 2.05) is 12.3 Å². The number of pyridine rings is 1. The SMILES string of the molecule is CC(C)COCc1ccc(CNC(C)C)cn1. The Morgan fingerprint density at radius 3 is 2.53 bits per heavy atom. The minimum Gasteiger partial charge on any atom is -0.375 e. The first-order chi connectivity index (χ1) is 8.08. The summed E-state index contributed by atoms with van der Waals surface area (Å²) in [4.78, 5) is 4.39. The van der Waals surface area contributed by atoms with E-state index in [4.69, 9.17) is 4.74 Å². The molecule has 3 heteroatoms. The van der Waals surface area contributed by atoms with Crippen LogP contribution in [0, 0.1) is 5.92 Å². The van der Waals surface area contributed by atoms with E-state index < -0.39 is 0 Å². The fourth-order valence-corrected chi connectivity index (χ4v) is 1.37. The summed E-state index contributed by atoms with van der Waals surface area (Å²) >= 11 is 0. The molecule has 1 aromatic rings. The Morgan fingerprint density at radius 1 is 1.24 bits per heavy atom. The van der Waals surface area contributed by atoms with Crippen molar-refractivity contribution in [2.24, 2.45) is 5.92 Å². The van der Waals surface area contributed by atoms with Gasteiger partial charge in [-0.2, -0.15) is 0 Å². The molecule has 1 aromatic heterocycles. The van der Waals surface area contributed by atoms with Crippen molar-refractivity contribution in [1.29, 1.82) is 0 Å². The molecule has 0 atom stereocenters. The number of hydrogen-bond acceptors (Lipinski definition) is 3. The van der Waals surface area contributed by atoms with Crippen LogP contribution in [0.3, 0.4) is 0 Å². The molecule has 0 unspecified atom stereocenters. The number of aromatic nitrogens is 1. The predicted octanol–water partition coefficient (Wildman–Crippen LogP) is 2.75. The normalized spacial score (nSPS) is 11.4. The Kier molecular flexibility index (Phi) is 6.16. The second-order valence-corrected chi connectivity index (χ2v) is 5.10. The fourth-order valence-electron chi connectivity index (χ4n) is 1.37. The van der Waals surface area contributed by atoms with Crippen molar-refractivity contribution in [3.63, 3.8) is 0 Å². The molecule has 0 saturated heterocycles. The van der Waals surface area contributed by atoms with E-state index in [9.17, 15) is 0 Å². The lowest BCUT2D eigenvalue weighted by Crippen LogP contribution is -2.21. The zero-order chi connectivity index (χ0) is 12.7. The number of nitrogens with one attached hydrogen (secondary N) is 1. The molecule has 0 fully saturated rings. The predicted molar refractivity (Wildman–Crippen MR) is 70.7 cm³/mol. The Labute approximate surface area is 105 Å². The third-order valence-electron chi connectivity index (χ3n) is 2.30. The summed E-state index contributed by atoms with van der Waals surface area (Å²) in [7, 11) is 0. The molecule has 17 heavy (non-hydrogen) atoms. The highest BCUT2D eigenvalue weighted by atomic mass is 16.5. The van der Waals surface area contributed by atoms with Crippen molar-refractivity contribution in [3.8, 4) is 0 Å². The fraction of sp³-hybridized carbons (Fsp3) is 0.643. The van der Waals surface area contributed by atoms with Gasteiger partial charge in [-0.15, -0.1) is 0 Å². The molecule has 0 aliphatic rings. The Morgan fingerprint density at radius 2 is 2.00 bits per heavy atom. The second kappa shape index (κ2) is 7.41. The van der Waals surface area contributed by atoms with Gasteiger partial charge in [-0.3, -0.25) is 4.98 Å². The van der Waals surface area contributed by atoms with Gasteiger partial charge in [-0.05, 0) is 17.5 Å². The van der Waals surface area contributed by atoms with Crippen LogP contribution in [0.25, 0.3) is 0 Å². The van der Waals surface area contributed by atoms with E-state index in [-0.39, 0.29) is 0 Å². The van der Waals surface area contributed by atoms with Gasteiger partial charge in [-0.1, -0.05) is 33.8 Å². The zero-order valence-electron chi connectivity index (χ0n) is 11.4. The monoisotopic (exact) mass is 236 g/mol. The second-order valence-electron chi connectivity index (χ2n) is 5.10. The minimum atomic E-state index is 0.504. The molecule has 0 spiro atoms. The Hall–Kier alpha value is -0.930. The lowest BCUT2D eigenvalue weighted by Gasteiger charge is -2.09. The first-order valence-corrected chi connectivity index (χ1v) is 6.33. The quantitative estimate of drug-likeness (QED) is 0.790. The number of ether oxygens (including phenoxy) is 1. The van der Waals surface area contributed by atoms with Crippen LogP contribution in [-0.2, 0) is 17.9 Å². The topological polar surface area (TPSA) is 34.1 Å². The van der Waals surface area contributed by atoms with Crippen molar-refractivity contribution in [2.45, 2.75) is 46.9 Å². The summed E-state index contributed by atoms with van der Waals surface area (Å²) < 4.78 is 5.54. The number of rotatable bonds is 7. The molecule has 0 bridgehead atoms. The van der Waals surface area contributed by atoms with Gasteiger partial charge in [0.15, 0.2) is 0 Å². The maximum Gasteiger partial charge on any atom is 0.0887 e. The van der Waals surface area contributed by atoms with Crippen LogP contribution in [0.2, 0.25) is 0 Å². The molecule has 0 aromatic carbocycles. The van der Waals surface area contributed by atoms with Crippen molar-refractivity contribution in [2.75, 3.05) is 6.61 Å². The highest BCUT2D eigenvalue weighted by molar-refractivity contribution is 5.13. The third kappa shape index (κ3) is 6.39. The molecule has 0 aliphatic carbocycles. The van der Waals surface area contributed by atoms with Crippen molar-refractivity contribution >= 4 is 0 Å². The molecular formula is C14H24N2O. The largest absolute Gasteiger partial charge is 0.375 e. The third-order valence-corrected chi connectivity index (χ3v) is 2.30. The summed E-state index contributed by atoms with van der Waals surface area (Å²) in [5.74, 6) is 0.574. The highest BCUT2D eigenvalue weighted by Gasteiger charge is 1.99. The van der Waals surface area contributed by atoms with Crippen molar-refractivity contribution in [1.82, 2.24) is 10.3 Å². The van der Waals surface area contributed by atoms with Crippen molar-refractivity contribution < 1.29 is 4.74 Å². The van der Waals surface area contributed by atoms with Gasteiger partial charge in [0.05, 0.1) is 12.3 Å². The molecule has 0 amide bonds. The minimum absolute atomic E-state index is 0.504. The average molecular weight is 236 g/mol. The molecule has 3 nitrogen and oxygen atoms in total. The Bertz CT molecular complexity index is 307. The number of hydrogen-bond donors (Lipinski definition) is 1. The molecular weight excluding hydrogens is 212 g/mol. The van der Waals surface area contributed by atoms with Gasteiger partial charge in [0.2, 0.25) is 0 Å². The van der Waals surface area contributed by atoms with Crippen LogP contribution in [0.5, 0.6) is 0 Å². The van der Waals surface area contributed by atoms with E-state index >= 15 is 0 Å². The molecule has 0 radical (unpaired) electrons. The van der Waals surface area contributed by atoms with E-state index in [0.717, 1.165) is 18.8 Å². The van der Waals surface area contributed by atoms with Crippen LogP contribution in [-0.4, -0.2) is 17.6 Å². The van der Waals surface area contributed by atoms with Crippen molar-refractivity contribution in [3.05, 3.63) is 29.6 Å². The summed E-state index contributed by atoms with van der Waals surface area (Å²) in [6.07, 6.45) is 1.92. The molecule has 1 N–H and O–H groups in total. The lowest BCUT2D eigenvalue weighted by atomic mass is 10.2. The summed E-state index contributed by atoms with van der Waals surface area (Å²) in [5.41, 5.74) is 2.21. The summed E-state index contributed by atoms with van der Waals surface area (Å²) in [6.45, 7) is 10.8. The van der Waals surface area contributed by atoms with Gasteiger partial charge >= 0.3 is 0 Å². The van der Waals surface area contributed by atoms with Crippen LogP contribution in [0.1, 0.15) is 39.0 Å². The first kappa shape index (κ1) is 14.1. The van der Waals surface area contributed by atoms with Crippen LogP contribution < -0.4 is 5.32 Å². The van der Waals surface area contributed by atoms with Crippen LogP contribution in [0.15, 0.2) is 18.3 Å². The zero-order valence-corrected chi connectivity index (χ0v) is 11.4. The maximum atomic E-state index is 5.54. The van der Waals surface area contributed by atoms with E-state index in [1.165, 1.54) is 5.56 Å².